The maximum atomic E-state index is 13.8. The number of hydrogen-bond acceptors (Lipinski definition) is 2. The molecule has 1 unspecified atom stereocenters. The standard InChI is InChI=1S/C12H13ClFNO/c1-3-4-9-5-7-15-12(11(9)14)10(13)6-8-16-2/h5,7,10H,6,8H2,1-2H3. The van der Waals surface area contributed by atoms with Crippen LogP contribution >= 0.6 is 11.6 Å². The van der Waals surface area contributed by atoms with Gasteiger partial charge < -0.3 is 4.74 Å². The summed E-state index contributed by atoms with van der Waals surface area (Å²) in [6.45, 7) is 2.13. The lowest BCUT2D eigenvalue weighted by Crippen LogP contribution is -2.03. The Labute approximate surface area is 99.8 Å². The van der Waals surface area contributed by atoms with Crippen molar-refractivity contribution >= 4 is 11.6 Å². The van der Waals surface area contributed by atoms with Gasteiger partial charge >= 0.3 is 0 Å². The van der Waals surface area contributed by atoms with Gasteiger partial charge in [-0.05, 0) is 19.4 Å². The van der Waals surface area contributed by atoms with E-state index in [1.54, 1.807) is 14.0 Å². The SMILES string of the molecule is CC#Cc1ccnc(C(Cl)CCOC)c1F. The second kappa shape index (κ2) is 6.47. The highest BCUT2D eigenvalue weighted by atomic mass is 35.5. The summed E-state index contributed by atoms with van der Waals surface area (Å²) in [5.74, 6) is 4.88. The molecule has 0 bridgehead atoms. The number of alkyl halides is 1. The molecule has 1 aromatic heterocycles. The molecule has 0 saturated carbocycles. The average Bonchev–Trinajstić information content (AvgIpc) is 2.29. The van der Waals surface area contributed by atoms with Gasteiger partial charge in [0.25, 0.3) is 0 Å². The first kappa shape index (κ1) is 13.0. The van der Waals surface area contributed by atoms with Gasteiger partial charge in [0.05, 0.1) is 16.6 Å². The zero-order chi connectivity index (χ0) is 12.0. The summed E-state index contributed by atoms with van der Waals surface area (Å²) >= 11 is 6.03. The molecule has 0 radical (unpaired) electrons. The normalized spacial score (nSPS) is 11.8. The molecule has 0 saturated heterocycles. The molecule has 86 valence electrons. The summed E-state index contributed by atoms with van der Waals surface area (Å²) in [5.41, 5.74) is 0.564. The first-order chi connectivity index (χ1) is 7.70. The van der Waals surface area contributed by atoms with Crippen LogP contribution in [-0.2, 0) is 4.74 Å². The van der Waals surface area contributed by atoms with E-state index in [-0.39, 0.29) is 5.69 Å². The quantitative estimate of drug-likeness (QED) is 0.597. The van der Waals surface area contributed by atoms with E-state index < -0.39 is 11.2 Å². The van der Waals surface area contributed by atoms with Crippen LogP contribution in [-0.4, -0.2) is 18.7 Å². The Balaban J connectivity index is 2.94. The highest BCUT2D eigenvalue weighted by molar-refractivity contribution is 6.20. The van der Waals surface area contributed by atoms with Gasteiger partial charge in [-0.3, -0.25) is 4.98 Å². The Bertz CT molecular complexity index is 411. The maximum Gasteiger partial charge on any atom is 0.161 e. The van der Waals surface area contributed by atoms with Crippen LogP contribution in [0.15, 0.2) is 12.3 Å². The zero-order valence-electron chi connectivity index (χ0n) is 9.26. The minimum absolute atomic E-state index is 0.235. The molecule has 0 N–H and O–H groups in total. The highest BCUT2D eigenvalue weighted by Gasteiger charge is 2.16. The summed E-state index contributed by atoms with van der Waals surface area (Å²) < 4.78 is 18.7. The summed E-state index contributed by atoms with van der Waals surface area (Å²) in [7, 11) is 1.58. The lowest BCUT2D eigenvalue weighted by molar-refractivity contribution is 0.193. The third-order valence-corrected chi connectivity index (χ3v) is 2.47. The highest BCUT2D eigenvalue weighted by Crippen LogP contribution is 2.25. The molecule has 1 heterocycles. The van der Waals surface area contributed by atoms with Crippen LogP contribution in [0.25, 0.3) is 0 Å². The van der Waals surface area contributed by atoms with Crippen LogP contribution in [0.4, 0.5) is 4.39 Å². The van der Waals surface area contributed by atoms with Crippen LogP contribution in [0.2, 0.25) is 0 Å². The van der Waals surface area contributed by atoms with Crippen LogP contribution in [0.3, 0.4) is 0 Å². The van der Waals surface area contributed by atoms with Gasteiger partial charge in [-0.2, -0.15) is 0 Å². The van der Waals surface area contributed by atoms with Crippen LogP contribution in [0.1, 0.15) is 30.0 Å². The largest absolute Gasteiger partial charge is 0.385 e. The molecule has 1 rings (SSSR count). The van der Waals surface area contributed by atoms with Gasteiger partial charge in [0.1, 0.15) is 0 Å². The lowest BCUT2D eigenvalue weighted by Gasteiger charge is -2.09. The fourth-order valence-corrected chi connectivity index (χ4v) is 1.51. The summed E-state index contributed by atoms with van der Waals surface area (Å²) in [6, 6.07) is 1.54. The smallest absolute Gasteiger partial charge is 0.161 e. The number of hydrogen-bond donors (Lipinski definition) is 0. The molecule has 16 heavy (non-hydrogen) atoms. The molecule has 0 aliphatic heterocycles. The Morgan fingerprint density at radius 2 is 2.38 bits per heavy atom. The Kier molecular flexibility index (Phi) is 5.24. The van der Waals surface area contributed by atoms with Crippen molar-refractivity contribution < 1.29 is 9.13 Å². The average molecular weight is 242 g/mol. The first-order valence-electron chi connectivity index (χ1n) is 4.90. The number of aromatic nitrogens is 1. The predicted molar refractivity (Wildman–Crippen MR) is 61.8 cm³/mol. The molecule has 0 aliphatic carbocycles. The molecular weight excluding hydrogens is 229 g/mol. The fraction of sp³-hybridized carbons (Fsp3) is 0.417. The third-order valence-electron chi connectivity index (χ3n) is 2.05. The van der Waals surface area contributed by atoms with Gasteiger partial charge in [-0.15, -0.1) is 17.5 Å². The van der Waals surface area contributed by atoms with Crippen molar-refractivity contribution in [3.63, 3.8) is 0 Å². The zero-order valence-corrected chi connectivity index (χ0v) is 10.0. The molecule has 2 nitrogen and oxygen atoms in total. The summed E-state index contributed by atoms with van der Waals surface area (Å²) in [6.07, 6.45) is 2.03. The molecule has 0 spiro atoms. The lowest BCUT2D eigenvalue weighted by atomic mass is 10.1. The van der Waals surface area contributed by atoms with Crippen LogP contribution in [0.5, 0.6) is 0 Å². The van der Waals surface area contributed by atoms with Gasteiger partial charge in [0.15, 0.2) is 5.82 Å². The third kappa shape index (κ3) is 3.19. The van der Waals surface area contributed by atoms with Crippen molar-refractivity contribution in [2.45, 2.75) is 18.7 Å². The monoisotopic (exact) mass is 241 g/mol. The first-order valence-corrected chi connectivity index (χ1v) is 5.34. The Hall–Kier alpha value is -1.11. The molecular formula is C12H13ClFNO. The van der Waals surface area contributed by atoms with Crippen LogP contribution in [0, 0.1) is 17.7 Å². The number of rotatable bonds is 4. The van der Waals surface area contributed by atoms with Crippen molar-refractivity contribution in [1.82, 2.24) is 4.98 Å². The van der Waals surface area contributed by atoms with Crippen LogP contribution < -0.4 is 0 Å². The Morgan fingerprint density at radius 1 is 1.62 bits per heavy atom. The number of nitrogens with zero attached hydrogens (tertiary/aromatic N) is 1. The number of halogens is 2. The van der Waals surface area contributed by atoms with E-state index >= 15 is 0 Å². The predicted octanol–water partition coefficient (Wildman–Crippen LogP) is 2.91. The molecule has 0 amide bonds. The molecule has 0 aliphatic rings. The second-order valence-electron chi connectivity index (χ2n) is 3.18. The number of methoxy groups -OCH3 is 1. The Morgan fingerprint density at radius 3 is 3.00 bits per heavy atom. The van der Waals surface area contributed by atoms with Gasteiger partial charge in [0.2, 0.25) is 0 Å². The molecule has 0 fully saturated rings. The fourth-order valence-electron chi connectivity index (χ4n) is 1.27. The van der Waals surface area contributed by atoms with E-state index in [0.717, 1.165) is 0 Å². The maximum absolute atomic E-state index is 13.8. The molecule has 1 atom stereocenters. The van der Waals surface area contributed by atoms with E-state index in [1.807, 2.05) is 0 Å². The summed E-state index contributed by atoms with van der Waals surface area (Å²) in [5, 5.41) is -0.487. The van der Waals surface area contributed by atoms with Crippen molar-refractivity contribution in [1.29, 1.82) is 0 Å². The molecule has 0 aromatic carbocycles. The number of pyridine rings is 1. The van der Waals surface area contributed by atoms with E-state index in [9.17, 15) is 4.39 Å². The van der Waals surface area contributed by atoms with Crippen molar-refractivity contribution in [3.05, 3.63) is 29.3 Å². The molecule has 1 aromatic rings. The van der Waals surface area contributed by atoms with Crippen molar-refractivity contribution in [2.75, 3.05) is 13.7 Å². The van der Waals surface area contributed by atoms with Crippen molar-refractivity contribution in [3.8, 4) is 11.8 Å². The van der Waals surface area contributed by atoms with E-state index in [1.165, 1.54) is 12.3 Å². The minimum atomic E-state index is -0.487. The van der Waals surface area contributed by atoms with Crippen molar-refractivity contribution in [2.24, 2.45) is 0 Å². The van der Waals surface area contributed by atoms with Gasteiger partial charge in [-0.1, -0.05) is 5.92 Å². The van der Waals surface area contributed by atoms with E-state index in [0.29, 0.717) is 18.6 Å². The summed E-state index contributed by atoms with van der Waals surface area (Å²) in [4.78, 5) is 3.94. The molecule has 4 heteroatoms. The van der Waals surface area contributed by atoms with E-state index in [4.69, 9.17) is 16.3 Å². The number of ether oxygens (including phenoxy) is 1. The minimum Gasteiger partial charge on any atom is -0.385 e. The van der Waals surface area contributed by atoms with Gasteiger partial charge in [-0.25, -0.2) is 4.39 Å². The van der Waals surface area contributed by atoms with E-state index in [2.05, 4.69) is 16.8 Å². The topological polar surface area (TPSA) is 22.1 Å². The van der Waals surface area contributed by atoms with Gasteiger partial charge in [0, 0.05) is 19.9 Å². The second-order valence-corrected chi connectivity index (χ2v) is 3.71.